The van der Waals surface area contributed by atoms with Crippen LogP contribution in [0.4, 0.5) is 0 Å². The molecule has 2 aromatic rings. The van der Waals surface area contributed by atoms with E-state index in [9.17, 15) is 19.8 Å². The third-order valence-electron chi connectivity index (χ3n) is 2.30. The lowest BCUT2D eigenvalue weighted by atomic mass is 10.3. The normalized spacial score (nSPS) is 11.3. The molecule has 0 unspecified atom stereocenters. The summed E-state index contributed by atoms with van der Waals surface area (Å²) >= 11 is 0. The number of hydrogen-bond donors (Lipinski definition) is 2. The lowest BCUT2D eigenvalue weighted by Crippen LogP contribution is -2.23. The van der Waals surface area contributed by atoms with Crippen LogP contribution in [0.2, 0.25) is 0 Å². The zero-order valence-corrected chi connectivity index (χ0v) is 7.61. The summed E-state index contributed by atoms with van der Waals surface area (Å²) in [6.45, 7) is 2.76. The molecule has 74 valence electrons. The van der Waals surface area contributed by atoms with Crippen LogP contribution in [0.15, 0.2) is 9.59 Å². The van der Waals surface area contributed by atoms with E-state index in [1.807, 2.05) is 0 Å². The maximum Gasteiger partial charge on any atom is 0.281 e. The molecule has 2 aromatic heterocycles. The molecule has 0 fully saturated rings. The molecule has 0 spiro atoms. The zero-order valence-electron chi connectivity index (χ0n) is 7.61. The van der Waals surface area contributed by atoms with Crippen molar-refractivity contribution in [3.05, 3.63) is 31.8 Å². The number of rotatable bonds is 0. The standard InChI is InChI=1S/C8H8N2O4/c1-3-5(11)9-7(13)4(2)8(14)10(9)6(3)12/h11,13H,1-2H3. The first-order chi connectivity index (χ1) is 6.46. The van der Waals surface area contributed by atoms with Crippen LogP contribution >= 0.6 is 0 Å². The van der Waals surface area contributed by atoms with Gasteiger partial charge in [0.1, 0.15) is 0 Å². The summed E-state index contributed by atoms with van der Waals surface area (Å²) in [6, 6.07) is 0. The molecule has 2 N–H and O–H groups in total. The van der Waals surface area contributed by atoms with Crippen molar-refractivity contribution in [3.8, 4) is 11.8 Å². The van der Waals surface area contributed by atoms with Crippen LogP contribution in [-0.2, 0) is 0 Å². The van der Waals surface area contributed by atoms with Crippen LogP contribution < -0.4 is 11.1 Å². The van der Waals surface area contributed by atoms with Crippen molar-refractivity contribution in [2.45, 2.75) is 13.8 Å². The Balaban J connectivity index is 3.25. The molecule has 0 aliphatic rings. The Bertz CT molecular complexity index is 571. The largest absolute Gasteiger partial charge is 0.493 e. The summed E-state index contributed by atoms with van der Waals surface area (Å²) in [4.78, 5) is 22.8. The Hall–Kier alpha value is -1.98. The van der Waals surface area contributed by atoms with E-state index < -0.39 is 22.9 Å². The topological polar surface area (TPSA) is 83.4 Å². The average Bonchev–Trinajstić information content (AvgIpc) is 2.51. The predicted molar refractivity (Wildman–Crippen MR) is 47.4 cm³/mol. The van der Waals surface area contributed by atoms with E-state index in [-0.39, 0.29) is 11.1 Å². The lowest BCUT2D eigenvalue weighted by Gasteiger charge is -1.92. The van der Waals surface area contributed by atoms with Gasteiger partial charge in [0.25, 0.3) is 11.1 Å². The van der Waals surface area contributed by atoms with Crippen molar-refractivity contribution >= 4 is 0 Å². The zero-order chi connectivity index (χ0) is 10.6. The third kappa shape index (κ3) is 0.704. The fourth-order valence-electron chi connectivity index (χ4n) is 1.39. The van der Waals surface area contributed by atoms with Crippen molar-refractivity contribution in [1.29, 1.82) is 0 Å². The minimum Gasteiger partial charge on any atom is -0.493 e. The summed E-state index contributed by atoms with van der Waals surface area (Å²) in [5.74, 6) is -0.810. The second-order valence-corrected chi connectivity index (χ2v) is 3.13. The fourth-order valence-corrected chi connectivity index (χ4v) is 1.39. The van der Waals surface area contributed by atoms with E-state index in [4.69, 9.17) is 0 Å². The Kier molecular flexibility index (Phi) is 1.40. The molecular formula is C8H8N2O4. The highest BCUT2D eigenvalue weighted by atomic mass is 16.3. The van der Waals surface area contributed by atoms with Crippen molar-refractivity contribution in [1.82, 2.24) is 9.03 Å². The SMILES string of the molecule is Cc1c(O)n2c(O)c(C)c(=O)n2c1=O. The molecule has 0 amide bonds. The molecule has 0 aromatic carbocycles. The molecule has 0 aliphatic carbocycles. The highest BCUT2D eigenvalue weighted by molar-refractivity contribution is 5.32. The van der Waals surface area contributed by atoms with Gasteiger partial charge in [-0.05, 0) is 13.8 Å². The van der Waals surface area contributed by atoms with Gasteiger partial charge < -0.3 is 10.2 Å². The monoisotopic (exact) mass is 196 g/mol. The molecule has 0 bridgehead atoms. The van der Waals surface area contributed by atoms with Gasteiger partial charge in [-0.3, -0.25) is 9.59 Å². The minimum absolute atomic E-state index is 0.0393. The van der Waals surface area contributed by atoms with Gasteiger partial charge in [0, 0.05) is 0 Å². The van der Waals surface area contributed by atoms with E-state index >= 15 is 0 Å². The summed E-state index contributed by atoms with van der Waals surface area (Å²) in [7, 11) is 0. The first-order valence-electron chi connectivity index (χ1n) is 3.95. The molecule has 2 rings (SSSR count). The van der Waals surface area contributed by atoms with E-state index in [0.29, 0.717) is 4.52 Å². The summed E-state index contributed by atoms with van der Waals surface area (Å²) in [6.07, 6.45) is 0. The maximum absolute atomic E-state index is 11.4. The van der Waals surface area contributed by atoms with Crippen LogP contribution in [-0.4, -0.2) is 19.2 Å². The van der Waals surface area contributed by atoms with Crippen molar-refractivity contribution < 1.29 is 10.2 Å². The number of hydrogen-bond acceptors (Lipinski definition) is 4. The van der Waals surface area contributed by atoms with Gasteiger partial charge in [0.05, 0.1) is 11.1 Å². The Morgan fingerprint density at radius 1 is 0.857 bits per heavy atom. The fraction of sp³-hybridized carbons (Fsp3) is 0.250. The Morgan fingerprint density at radius 3 is 1.50 bits per heavy atom. The molecule has 0 atom stereocenters. The Labute approximate surface area is 77.6 Å². The summed E-state index contributed by atoms with van der Waals surface area (Å²) in [5.41, 5.74) is -1.15. The second-order valence-electron chi connectivity index (χ2n) is 3.13. The van der Waals surface area contributed by atoms with Gasteiger partial charge in [-0.25, -0.2) is 0 Å². The molecule has 14 heavy (non-hydrogen) atoms. The van der Waals surface area contributed by atoms with Crippen LogP contribution in [0.1, 0.15) is 11.1 Å². The first kappa shape index (κ1) is 8.61. The predicted octanol–water partition coefficient (Wildman–Crippen LogP) is -0.775. The highest BCUT2D eigenvalue weighted by Gasteiger charge is 2.21. The van der Waals surface area contributed by atoms with Gasteiger partial charge in [-0.1, -0.05) is 0 Å². The van der Waals surface area contributed by atoms with Gasteiger partial charge in [-0.2, -0.15) is 9.03 Å². The van der Waals surface area contributed by atoms with Crippen molar-refractivity contribution in [2.75, 3.05) is 0 Å². The van der Waals surface area contributed by atoms with Gasteiger partial charge in [0.2, 0.25) is 11.8 Å². The third-order valence-corrected chi connectivity index (χ3v) is 2.30. The summed E-state index contributed by atoms with van der Waals surface area (Å²) < 4.78 is 1.50. The highest BCUT2D eigenvalue weighted by Crippen LogP contribution is 2.19. The maximum atomic E-state index is 11.4. The molecule has 6 heteroatoms. The number of aromatic nitrogens is 2. The number of aromatic hydroxyl groups is 2. The van der Waals surface area contributed by atoms with Gasteiger partial charge in [0.15, 0.2) is 0 Å². The molecule has 6 nitrogen and oxygen atoms in total. The number of fused-ring (bicyclic) bond motifs is 1. The van der Waals surface area contributed by atoms with Crippen LogP contribution in [0.3, 0.4) is 0 Å². The van der Waals surface area contributed by atoms with Crippen molar-refractivity contribution in [3.63, 3.8) is 0 Å². The van der Waals surface area contributed by atoms with E-state index in [1.54, 1.807) is 0 Å². The van der Waals surface area contributed by atoms with Gasteiger partial charge >= 0.3 is 0 Å². The second kappa shape index (κ2) is 2.28. The van der Waals surface area contributed by atoms with E-state index in [2.05, 4.69) is 0 Å². The molecular weight excluding hydrogens is 188 g/mol. The van der Waals surface area contributed by atoms with Crippen molar-refractivity contribution in [2.24, 2.45) is 0 Å². The quantitative estimate of drug-likeness (QED) is 0.579. The molecule has 0 saturated heterocycles. The van der Waals surface area contributed by atoms with Crippen LogP contribution in [0, 0.1) is 13.8 Å². The number of nitrogens with zero attached hydrogens (tertiary/aromatic N) is 2. The average molecular weight is 196 g/mol. The van der Waals surface area contributed by atoms with E-state index in [1.165, 1.54) is 13.8 Å². The Morgan fingerprint density at radius 2 is 1.21 bits per heavy atom. The van der Waals surface area contributed by atoms with Crippen LogP contribution in [0.5, 0.6) is 11.8 Å². The molecule has 0 radical (unpaired) electrons. The molecule has 0 saturated carbocycles. The molecule has 0 aliphatic heterocycles. The lowest BCUT2D eigenvalue weighted by molar-refractivity contribution is 0.386. The molecule has 2 heterocycles. The smallest absolute Gasteiger partial charge is 0.281 e. The first-order valence-corrected chi connectivity index (χ1v) is 3.95. The van der Waals surface area contributed by atoms with Gasteiger partial charge in [-0.15, -0.1) is 0 Å². The van der Waals surface area contributed by atoms with Crippen LogP contribution in [0.25, 0.3) is 0 Å². The summed E-state index contributed by atoms with van der Waals surface area (Å²) in [5, 5.41) is 18.9. The minimum atomic E-state index is -0.615. The van der Waals surface area contributed by atoms with E-state index in [0.717, 1.165) is 4.52 Å².